The Morgan fingerprint density at radius 1 is 1.38 bits per heavy atom. The van der Waals surface area contributed by atoms with E-state index in [-0.39, 0.29) is 29.5 Å². The van der Waals surface area contributed by atoms with Crippen LogP contribution in [0.2, 0.25) is 5.02 Å². The second-order valence-corrected chi connectivity index (χ2v) is 7.54. The Bertz CT molecular complexity index is 1140. The van der Waals surface area contributed by atoms with Gasteiger partial charge in [-0.3, -0.25) is 24.1 Å². The third kappa shape index (κ3) is 4.41. The number of hydrogen-bond acceptors (Lipinski definition) is 5. The summed E-state index contributed by atoms with van der Waals surface area (Å²) in [5.41, 5.74) is -1.55. The number of pyridine rings is 1. The number of unbranched alkanes of at least 4 members (excludes halogenated alkanes) is 1. The summed E-state index contributed by atoms with van der Waals surface area (Å²) in [7, 11) is 0. The average Bonchev–Trinajstić information content (AvgIpc) is 2.76. The molecule has 2 heterocycles. The van der Waals surface area contributed by atoms with Gasteiger partial charge < -0.3 is 15.3 Å². The van der Waals surface area contributed by atoms with E-state index in [1.807, 2.05) is 0 Å². The van der Waals surface area contributed by atoms with Crippen molar-refractivity contribution in [2.45, 2.75) is 26.3 Å². The monoisotopic (exact) mass is 460 g/mol. The highest BCUT2D eigenvalue weighted by Gasteiger charge is 2.33. The molecule has 0 spiro atoms. The molecule has 32 heavy (non-hydrogen) atoms. The molecule has 0 radical (unpaired) electrons. The van der Waals surface area contributed by atoms with Gasteiger partial charge in [0, 0.05) is 42.8 Å². The van der Waals surface area contributed by atoms with Crippen LogP contribution in [0.1, 0.15) is 46.2 Å². The molecule has 0 saturated carbocycles. The Morgan fingerprint density at radius 2 is 2.12 bits per heavy atom. The molecule has 0 saturated heterocycles. The number of nitrogens with one attached hydrogen (secondary N) is 1. The average molecular weight is 461 g/mol. The molecule has 2 N–H and O–H groups in total. The predicted octanol–water partition coefficient (Wildman–Crippen LogP) is 2.06. The van der Waals surface area contributed by atoms with Crippen LogP contribution in [-0.2, 0) is 6.54 Å². The van der Waals surface area contributed by atoms with Gasteiger partial charge in [0.1, 0.15) is 18.0 Å². The molecule has 1 aliphatic rings. The third-order valence-corrected chi connectivity index (χ3v) is 5.50. The van der Waals surface area contributed by atoms with E-state index in [9.17, 15) is 23.9 Å². The number of amides is 2. The van der Waals surface area contributed by atoms with Crippen molar-refractivity contribution in [3.05, 3.63) is 62.3 Å². The minimum atomic E-state index is -0.997. The van der Waals surface area contributed by atoms with Gasteiger partial charge in [0.2, 0.25) is 5.43 Å². The summed E-state index contributed by atoms with van der Waals surface area (Å²) in [6, 6.07) is 4.11. The maximum absolute atomic E-state index is 14.0. The molecular weight excluding hydrogens is 439 g/mol. The van der Waals surface area contributed by atoms with Gasteiger partial charge in [0.05, 0.1) is 0 Å². The van der Waals surface area contributed by atoms with E-state index in [1.165, 1.54) is 34.0 Å². The van der Waals surface area contributed by atoms with Crippen LogP contribution in [0.3, 0.4) is 0 Å². The molecule has 0 atom stereocenters. The first-order valence-electron chi connectivity index (χ1n) is 9.97. The van der Waals surface area contributed by atoms with Crippen LogP contribution in [0, 0.1) is 18.2 Å². The molecule has 10 heteroatoms. The van der Waals surface area contributed by atoms with E-state index in [0.717, 1.165) is 0 Å². The predicted molar refractivity (Wildman–Crippen MR) is 118 cm³/mol. The van der Waals surface area contributed by atoms with Crippen LogP contribution in [0.4, 0.5) is 4.39 Å². The summed E-state index contributed by atoms with van der Waals surface area (Å²) >= 11 is 5.97. The van der Waals surface area contributed by atoms with Crippen LogP contribution in [-0.4, -0.2) is 46.3 Å². The number of terminal acetylenes is 1. The van der Waals surface area contributed by atoms with E-state index in [1.54, 1.807) is 11.9 Å². The minimum absolute atomic E-state index is 0.0643. The van der Waals surface area contributed by atoms with Gasteiger partial charge in [-0.15, -0.1) is 12.3 Å². The molecule has 1 aliphatic heterocycles. The van der Waals surface area contributed by atoms with E-state index < -0.39 is 34.4 Å². The number of carbonyl (C=O) groups is 2. The minimum Gasteiger partial charge on any atom is -0.502 e. The number of benzene rings is 1. The van der Waals surface area contributed by atoms with Crippen molar-refractivity contribution in [3.63, 3.8) is 0 Å². The molecule has 2 amide bonds. The molecule has 1 aromatic carbocycles. The first-order valence-corrected chi connectivity index (χ1v) is 10.4. The zero-order valence-electron chi connectivity index (χ0n) is 17.4. The van der Waals surface area contributed by atoms with Crippen molar-refractivity contribution < 1.29 is 19.1 Å². The summed E-state index contributed by atoms with van der Waals surface area (Å²) in [5.74, 6) is -0.262. The number of nitrogens with zero attached hydrogens (tertiary/aromatic N) is 3. The summed E-state index contributed by atoms with van der Waals surface area (Å²) in [6.07, 6.45) is 7.61. The zero-order chi connectivity index (χ0) is 23.4. The SMILES string of the molecule is C#CCCCN1CN(CC)C(=O)c2c(O)c(=O)c(C(=O)NCc3c(F)cccc3Cl)cn21. The number of rotatable bonds is 7. The van der Waals surface area contributed by atoms with E-state index in [0.29, 0.717) is 25.9 Å². The Hall–Kier alpha value is -3.51. The van der Waals surface area contributed by atoms with Crippen molar-refractivity contribution in [3.8, 4) is 18.1 Å². The van der Waals surface area contributed by atoms with Crippen molar-refractivity contribution in [2.75, 3.05) is 24.8 Å². The molecule has 0 fully saturated rings. The van der Waals surface area contributed by atoms with E-state index >= 15 is 0 Å². The second kappa shape index (κ2) is 9.75. The maximum atomic E-state index is 14.0. The first-order chi connectivity index (χ1) is 15.3. The highest BCUT2D eigenvalue weighted by Crippen LogP contribution is 2.22. The van der Waals surface area contributed by atoms with Gasteiger partial charge in [0.25, 0.3) is 11.8 Å². The Kier molecular flexibility index (Phi) is 7.05. The topological polar surface area (TPSA) is 94.9 Å². The molecule has 0 bridgehead atoms. The van der Waals surface area contributed by atoms with E-state index in [2.05, 4.69) is 11.2 Å². The summed E-state index contributed by atoms with van der Waals surface area (Å²) in [4.78, 5) is 39.6. The number of fused-ring (bicyclic) bond motifs is 1. The quantitative estimate of drug-likeness (QED) is 0.487. The highest BCUT2D eigenvalue weighted by molar-refractivity contribution is 6.31. The maximum Gasteiger partial charge on any atom is 0.277 e. The molecule has 0 aliphatic carbocycles. The third-order valence-electron chi connectivity index (χ3n) is 5.14. The van der Waals surface area contributed by atoms with Crippen LogP contribution in [0.15, 0.2) is 29.2 Å². The van der Waals surface area contributed by atoms with Crippen molar-refractivity contribution in [2.24, 2.45) is 0 Å². The van der Waals surface area contributed by atoms with Crippen LogP contribution < -0.4 is 15.8 Å². The number of carbonyl (C=O) groups excluding carboxylic acids is 2. The molecule has 1 aromatic heterocycles. The first kappa shape index (κ1) is 23.2. The molecular formula is C22H22ClFN4O4. The lowest BCUT2D eigenvalue weighted by molar-refractivity contribution is 0.0695. The van der Waals surface area contributed by atoms with Gasteiger partial charge >= 0.3 is 0 Å². The van der Waals surface area contributed by atoms with Gasteiger partial charge in [-0.05, 0) is 25.5 Å². The lowest BCUT2D eigenvalue weighted by Crippen LogP contribution is -2.54. The summed E-state index contributed by atoms with van der Waals surface area (Å²) < 4.78 is 15.3. The van der Waals surface area contributed by atoms with Crippen LogP contribution >= 0.6 is 11.6 Å². The Morgan fingerprint density at radius 3 is 2.78 bits per heavy atom. The second-order valence-electron chi connectivity index (χ2n) is 7.14. The molecule has 2 aromatic rings. The largest absolute Gasteiger partial charge is 0.502 e. The Labute approximate surface area is 189 Å². The number of hydrogen-bond donors (Lipinski definition) is 2. The van der Waals surface area contributed by atoms with Crippen LogP contribution in [0.5, 0.6) is 5.75 Å². The van der Waals surface area contributed by atoms with Gasteiger partial charge in [0.15, 0.2) is 11.4 Å². The van der Waals surface area contributed by atoms with Crippen molar-refractivity contribution in [1.82, 2.24) is 14.9 Å². The fraction of sp³-hybridized carbons (Fsp3) is 0.318. The lowest BCUT2D eigenvalue weighted by Gasteiger charge is -2.39. The van der Waals surface area contributed by atoms with Gasteiger partial charge in [-0.1, -0.05) is 17.7 Å². The summed E-state index contributed by atoms with van der Waals surface area (Å²) in [5, 5.41) is 14.8. The zero-order valence-corrected chi connectivity index (χ0v) is 18.2. The highest BCUT2D eigenvalue weighted by atomic mass is 35.5. The van der Waals surface area contributed by atoms with Gasteiger partial charge in [-0.2, -0.15) is 0 Å². The van der Waals surface area contributed by atoms with Gasteiger partial charge in [-0.25, -0.2) is 4.39 Å². The lowest BCUT2D eigenvalue weighted by atomic mass is 10.1. The normalized spacial score (nSPS) is 13.0. The Balaban J connectivity index is 1.96. The van der Waals surface area contributed by atoms with E-state index in [4.69, 9.17) is 18.0 Å². The van der Waals surface area contributed by atoms with Crippen molar-refractivity contribution >= 4 is 23.4 Å². The number of aromatic nitrogens is 1. The smallest absolute Gasteiger partial charge is 0.277 e. The van der Waals surface area contributed by atoms with Crippen LogP contribution in [0.25, 0.3) is 0 Å². The standard InChI is InChI=1S/C22H22ClFN4O4/c1-3-5-6-10-27-13-26(4-2)22(32)18-20(30)19(29)15(12-28(18)27)21(31)25-11-14-16(23)8-7-9-17(14)24/h1,7-9,12,30H,4-6,10-11,13H2,2H3,(H,25,31). The fourth-order valence-electron chi connectivity index (χ4n) is 3.40. The molecule has 0 unspecified atom stereocenters. The summed E-state index contributed by atoms with van der Waals surface area (Å²) in [6.45, 7) is 2.50. The fourth-order valence-corrected chi connectivity index (χ4v) is 3.63. The molecule has 168 valence electrons. The molecule has 3 rings (SSSR count). The number of aromatic hydroxyl groups is 1. The van der Waals surface area contributed by atoms with Crippen molar-refractivity contribution in [1.29, 1.82) is 0 Å². The molecule has 8 nitrogen and oxygen atoms in total. The number of halogens is 2.